The summed E-state index contributed by atoms with van der Waals surface area (Å²) >= 11 is 3.38. The number of halogens is 1. The van der Waals surface area contributed by atoms with E-state index in [1.54, 1.807) is 0 Å². The van der Waals surface area contributed by atoms with E-state index in [0.29, 0.717) is 0 Å². The van der Waals surface area contributed by atoms with Crippen molar-refractivity contribution in [2.75, 3.05) is 0 Å². The SMILES string of the molecule is CC(=O)OC(C#C[Si](C)(C)C)c1ccc(Br)cc1. The predicted molar refractivity (Wildman–Crippen MR) is 79.8 cm³/mol. The molecule has 0 aliphatic carbocycles. The highest BCUT2D eigenvalue weighted by Gasteiger charge is 2.14. The third-order valence-electron chi connectivity index (χ3n) is 2.03. The van der Waals surface area contributed by atoms with Crippen LogP contribution in [0.4, 0.5) is 0 Å². The van der Waals surface area contributed by atoms with Crippen molar-refractivity contribution >= 4 is 30.0 Å². The monoisotopic (exact) mass is 324 g/mol. The summed E-state index contributed by atoms with van der Waals surface area (Å²) in [6.45, 7) is 7.88. The van der Waals surface area contributed by atoms with Crippen molar-refractivity contribution in [3.8, 4) is 11.5 Å². The lowest BCUT2D eigenvalue weighted by atomic mass is 10.1. The van der Waals surface area contributed by atoms with Crippen LogP contribution in [0.25, 0.3) is 0 Å². The van der Waals surface area contributed by atoms with Gasteiger partial charge < -0.3 is 4.74 Å². The summed E-state index contributed by atoms with van der Waals surface area (Å²) in [6, 6.07) is 7.66. The predicted octanol–water partition coefficient (Wildman–Crippen LogP) is 3.93. The number of carbonyl (C=O) groups is 1. The van der Waals surface area contributed by atoms with Crippen LogP contribution in [0, 0.1) is 11.5 Å². The van der Waals surface area contributed by atoms with Gasteiger partial charge in [-0.25, -0.2) is 0 Å². The van der Waals surface area contributed by atoms with Crippen LogP contribution in [0.3, 0.4) is 0 Å². The normalized spacial score (nSPS) is 12.3. The topological polar surface area (TPSA) is 26.3 Å². The molecule has 0 bridgehead atoms. The maximum atomic E-state index is 11.1. The van der Waals surface area contributed by atoms with Crippen LogP contribution in [0.5, 0.6) is 0 Å². The summed E-state index contributed by atoms with van der Waals surface area (Å²) in [6.07, 6.45) is -0.470. The molecule has 0 fully saturated rings. The van der Waals surface area contributed by atoms with Crippen LogP contribution >= 0.6 is 15.9 Å². The molecule has 18 heavy (non-hydrogen) atoms. The molecular formula is C14H17BrO2Si. The standard InChI is InChI=1S/C14H17BrO2Si/c1-11(16)17-14(9-10-18(2,3)4)12-5-7-13(15)8-6-12/h5-8,14H,1-4H3. The molecule has 0 spiro atoms. The van der Waals surface area contributed by atoms with Crippen LogP contribution in [0.2, 0.25) is 19.6 Å². The number of esters is 1. The third kappa shape index (κ3) is 5.52. The van der Waals surface area contributed by atoms with Gasteiger partial charge in [-0.1, -0.05) is 53.6 Å². The van der Waals surface area contributed by atoms with Crippen LogP contribution < -0.4 is 0 Å². The number of benzene rings is 1. The molecule has 0 amide bonds. The van der Waals surface area contributed by atoms with E-state index in [4.69, 9.17) is 4.74 Å². The van der Waals surface area contributed by atoms with Gasteiger partial charge in [0.1, 0.15) is 8.07 Å². The molecule has 0 aliphatic heterocycles. The van der Waals surface area contributed by atoms with Crippen LogP contribution in [0.1, 0.15) is 18.6 Å². The van der Waals surface area contributed by atoms with E-state index >= 15 is 0 Å². The first-order valence-corrected chi connectivity index (χ1v) is 10.0. The summed E-state index contributed by atoms with van der Waals surface area (Å²) in [4.78, 5) is 11.1. The number of carbonyl (C=O) groups excluding carboxylic acids is 1. The fraction of sp³-hybridized carbons (Fsp3) is 0.357. The van der Waals surface area contributed by atoms with Crippen molar-refractivity contribution in [1.29, 1.82) is 0 Å². The zero-order chi connectivity index (χ0) is 13.8. The molecule has 0 saturated carbocycles. The van der Waals surface area contributed by atoms with E-state index in [1.165, 1.54) is 6.92 Å². The lowest BCUT2D eigenvalue weighted by Crippen LogP contribution is -2.17. The average Bonchev–Trinajstić information content (AvgIpc) is 2.24. The van der Waals surface area contributed by atoms with Gasteiger partial charge in [-0.05, 0) is 12.1 Å². The van der Waals surface area contributed by atoms with Gasteiger partial charge in [0.25, 0.3) is 0 Å². The minimum Gasteiger partial charge on any atom is -0.444 e. The zero-order valence-corrected chi connectivity index (χ0v) is 13.7. The van der Waals surface area contributed by atoms with Crippen molar-refractivity contribution in [3.63, 3.8) is 0 Å². The van der Waals surface area contributed by atoms with E-state index in [1.807, 2.05) is 24.3 Å². The Balaban J connectivity index is 3.01. The first-order valence-electron chi connectivity index (χ1n) is 5.73. The zero-order valence-electron chi connectivity index (χ0n) is 11.1. The summed E-state index contributed by atoms with van der Waals surface area (Å²) in [7, 11) is -1.48. The minimum atomic E-state index is -1.48. The molecule has 2 nitrogen and oxygen atoms in total. The van der Waals surface area contributed by atoms with Crippen molar-refractivity contribution in [3.05, 3.63) is 34.3 Å². The summed E-state index contributed by atoms with van der Waals surface area (Å²) < 4.78 is 6.26. The smallest absolute Gasteiger partial charge is 0.304 e. The molecule has 0 aliphatic rings. The molecule has 1 rings (SSSR count). The van der Waals surface area contributed by atoms with Gasteiger partial charge in [0.05, 0.1) is 0 Å². The highest BCUT2D eigenvalue weighted by Crippen LogP contribution is 2.20. The molecule has 0 saturated heterocycles. The summed E-state index contributed by atoms with van der Waals surface area (Å²) in [5.74, 6) is 2.77. The summed E-state index contributed by atoms with van der Waals surface area (Å²) in [5.41, 5.74) is 4.14. The Kier molecular flexibility index (Phi) is 5.18. The van der Waals surface area contributed by atoms with Crippen molar-refractivity contribution in [2.24, 2.45) is 0 Å². The Morgan fingerprint density at radius 3 is 2.28 bits per heavy atom. The van der Waals surface area contributed by atoms with Gasteiger partial charge >= 0.3 is 5.97 Å². The first kappa shape index (κ1) is 15.0. The molecular weight excluding hydrogens is 308 g/mol. The fourth-order valence-electron chi connectivity index (χ4n) is 1.27. The van der Waals surface area contributed by atoms with E-state index in [9.17, 15) is 4.79 Å². The molecule has 96 valence electrons. The Morgan fingerprint density at radius 1 is 1.28 bits per heavy atom. The lowest BCUT2D eigenvalue weighted by Gasteiger charge is -2.13. The van der Waals surface area contributed by atoms with Crippen LogP contribution in [0.15, 0.2) is 28.7 Å². The largest absolute Gasteiger partial charge is 0.444 e. The fourth-order valence-corrected chi connectivity index (χ4v) is 2.09. The van der Waals surface area contributed by atoms with Crippen molar-refractivity contribution < 1.29 is 9.53 Å². The van der Waals surface area contributed by atoms with Gasteiger partial charge in [0.15, 0.2) is 6.10 Å². The Bertz CT molecular complexity index is 477. The average molecular weight is 325 g/mol. The Morgan fingerprint density at radius 2 is 1.83 bits per heavy atom. The van der Waals surface area contributed by atoms with E-state index < -0.39 is 14.2 Å². The Labute approximate surface area is 118 Å². The van der Waals surface area contributed by atoms with Gasteiger partial charge in [0, 0.05) is 17.0 Å². The van der Waals surface area contributed by atoms with Crippen LogP contribution in [-0.4, -0.2) is 14.0 Å². The highest BCUT2D eigenvalue weighted by molar-refractivity contribution is 9.10. The minimum absolute atomic E-state index is 0.312. The van der Waals surface area contributed by atoms with E-state index in [0.717, 1.165) is 10.0 Å². The Hall–Kier alpha value is -1.05. The van der Waals surface area contributed by atoms with E-state index in [-0.39, 0.29) is 5.97 Å². The molecule has 1 aromatic rings. The molecule has 0 aromatic heterocycles. The van der Waals surface area contributed by atoms with Crippen molar-refractivity contribution in [1.82, 2.24) is 0 Å². The van der Waals surface area contributed by atoms with Gasteiger partial charge in [0.2, 0.25) is 0 Å². The highest BCUT2D eigenvalue weighted by atomic mass is 79.9. The number of ether oxygens (including phenoxy) is 1. The van der Waals surface area contributed by atoms with Gasteiger partial charge in [-0.15, -0.1) is 5.54 Å². The second-order valence-electron chi connectivity index (χ2n) is 5.06. The third-order valence-corrected chi connectivity index (χ3v) is 3.46. The van der Waals surface area contributed by atoms with Gasteiger partial charge in [-0.2, -0.15) is 0 Å². The number of rotatable bonds is 2. The number of hydrogen-bond acceptors (Lipinski definition) is 2. The maximum absolute atomic E-state index is 11.1. The van der Waals surface area contributed by atoms with E-state index in [2.05, 4.69) is 47.0 Å². The second-order valence-corrected chi connectivity index (χ2v) is 10.7. The molecule has 1 atom stereocenters. The molecule has 0 radical (unpaired) electrons. The van der Waals surface area contributed by atoms with Gasteiger partial charge in [-0.3, -0.25) is 4.79 Å². The van der Waals surface area contributed by atoms with Crippen molar-refractivity contribution in [2.45, 2.75) is 32.7 Å². The molecule has 0 N–H and O–H groups in total. The number of hydrogen-bond donors (Lipinski definition) is 0. The quantitative estimate of drug-likeness (QED) is 0.468. The second kappa shape index (κ2) is 6.21. The lowest BCUT2D eigenvalue weighted by molar-refractivity contribution is -0.144. The molecule has 0 heterocycles. The molecule has 1 aromatic carbocycles. The van der Waals surface area contributed by atoms with Crippen LogP contribution in [-0.2, 0) is 9.53 Å². The molecule has 4 heteroatoms. The maximum Gasteiger partial charge on any atom is 0.304 e. The summed E-state index contributed by atoms with van der Waals surface area (Å²) in [5, 5.41) is 0. The molecule has 1 unspecified atom stereocenters. The first-order chi connectivity index (χ1) is 8.28.